The van der Waals surface area contributed by atoms with E-state index in [0.29, 0.717) is 17.0 Å². The number of aryl methyl sites for hydroxylation is 2. The maximum absolute atomic E-state index is 13.1. The van der Waals surface area contributed by atoms with Gasteiger partial charge in [-0.1, -0.05) is 76.6 Å². The van der Waals surface area contributed by atoms with Gasteiger partial charge < -0.3 is 0 Å². The quantitative estimate of drug-likeness (QED) is 0.233. The van der Waals surface area contributed by atoms with Gasteiger partial charge in [0.05, 0.1) is 11.2 Å². The van der Waals surface area contributed by atoms with E-state index >= 15 is 0 Å². The molecule has 5 rings (SSSR count). The Kier molecular flexibility index (Phi) is 6.45. The third-order valence-electron chi connectivity index (χ3n) is 5.72. The molecule has 7 heteroatoms. The van der Waals surface area contributed by atoms with Gasteiger partial charge in [0.25, 0.3) is 6.43 Å². The second-order valence-corrected chi connectivity index (χ2v) is 8.89. The summed E-state index contributed by atoms with van der Waals surface area (Å²) < 4.78 is 28.6. The van der Waals surface area contributed by atoms with Gasteiger partial charge in [-0.15, -0.1) is 0 Å². The van der Waals surface area contributed by atoms with E-state index in [1.54, 1.807) is 6.20 Å². The summed E-state index contributed by atoms with van der Waals surface area (Å²) in [4.78, 5) is 9.03. The van der Waals surface area contributed by atoms with E-state index in [9.17, 15) is 8.78 Å². The maximum atomic E-state index is 13.1. The summed E-state index contributed by atoms with van der Waals surface area (Å²) in [5, 5.41) is 5.35. The van der Waals surface area contributed by atoms with Crippen LogP contribution in [0.3, 0.4) is 0 Å². The predicted molar refractivity (Wildman–Crippen MR) is 134 cm³/mol. The highest BCUT2D eigenvalue weighted by Gasteiger charge is 2.19. The smallest absolute Gasteiger partial charge is 0.257 e. The number of rotatable bonds is 7. The van der Waals surface area contributed by atoms with E-state index in [4.69, 9.17) is 0 Å². The van der Waals surface area contributed by atoms with Crippen molar-refractivity contribution in [2.24, 2.45) is 0 Å². The molecule has 0 fully saturated rings. The fourth-order valence-corrected chi connectivity index (χ4v) is 4.62. The Morgan fingerprint density at radius 2 is 1.59 bits per heavy atom. The fraction of sp³-hybridized carbons (Fsp3) is 0.148. The Morgan fingerprint density at radius 3 is 2.32 bits per heavy atom. The van der Waals surface area contributed by atoms with Gasteiger partial charge >= 0.3 is 0 Å². The molecule has 5 aromatic rings. The Labute approximate surface area is 204 Å². The van der Waals surface area contributed by atoms with E-state index in [0.717, 1.165) is 39.3 Å². The first-order valence-corrected chi connectivity index (χ1v) is 11.8. The van der Waals surface area contributed by atoms with Crippen LogP contribution in [-0.2, 0) is 19.4 Å². The lowest BCUT2D eigenvalue weighted by Crippen LogP contribution is -2.06. The molecule has 4 nitrogen and oxygen atoms in total. The zero-order valence-electron chi connectivity index (χ0n) is 18.2. The molecule has 0 bridgehead atoms. The van der Waals surface area contributed by atoms with Crippen molar-refractivity contribution in [2.75, 3.05) is 0 Å². The van der Waals surface area contributed by atoms with E-state index in [-0.39, 0.29) is 0 Å². The number of fused-ring (bicyclic) bond motifs is 1. The minimum Gasteiger partial charge on any atom is -0.266 e. The Morgan fingerprint density at radius 1 is 0.853 bits per heavy atom. The molecule has 0 saturated carbocycles. The standard InChI is InChI=1S/C27H21BrF2N4/c28-23-14-24-21(13-20(23)12-11-18-7-3-1-4-8-18)27(32-17-31-24)22-15-34(16-25(29)30)33-26(22)19-9-5-2-6-10-19/h1-10,13-15,17,25H,11-12,16H2. The van der Waals surface area contributed by atoms with Crippen LogP contribution in [0.1, 0.15) is 11.1 Å². The van der Waals surface area contributed by atoms with Crippen molar-refractivity contribution in [1.82, 2.24) is 19.7 Å². The van der Waals surface area contributed by atoms with Crippen molar-refractivity contribution in [2.45, 2.75) is 25.8 Å². The molecule has 0 saturated heterocycles. The van der Waals surface area contributed by atoms with Gasteiger partial charge in [-0.3, -0.25) is 4.68 Å². The number of hydrogen-bond donors (Lipinski definition) is 0. The van der Waals surface area contributed by atoms with Crippen LogP contribution in [0.4, 0.5) is 8.78 Å². The molecule has 2 heterocycles. The average Bonchev–Trinajstić information content (AvgIpc) is 3.26. The van der Waals surface area contributed by atoms with Crippen molar-refractivity contribution in [3.05, 3.63) is 101 Å². The number of benzene rings is 3. The highest BCUT2D eigenvalue weighted by atomic mass is 79.9. The van der Waals surface area contributed by atoms with Gasteiger partial charge in [-0.25, -0.2) is 18.7 Å². The van der Waals surface area contributed by atoms with Crippen molar-refractivity contribution in [3.63, 3.8) is 0 Å². The summed E-state index contributed by atoms with van der Waals surface area (Å²) in [6.07, 6.45) is 2.40. The topological polar surface area (TPSA) is 43.6 Å². The Hall–Kier alpha value is -3.45. The molecule has 0 aliphatic rings. The molecular formula is C27H21BrF2N4. The normalized spacial score (nSPS) is 11.4. The molecular weight excluding hydrogens is 498 g/mol. The van der Waals surface area contributed by atoms with Crippen LogP contribution in [0.25, 0.3) is 33.4 Å². The third kappa shape index (κ3) is 4.75. The molecule has 3 aromatic carbocycles. The molecule has 2 aromatic heterocycles. The van der Waals surface area contributed by atoms with Crippen LogP contribution in [0.5, 0.6) is 0 Å². The zero-order chi connectivity index (χ0) is 23.5. The lowest BCUT2D eigenvalue weighted by molar-refractivity contribution is 0.122. The molecule has 34 heavy (non-hydrogen) atoms. The molecule has 0 amide bonds. The molecule has 0 spiro atoms. The fourth-order valence-electron chi connectivity index (χ4n) is 4.09. The predicted octanol–water partition coefficient (Wildman–Crippen LogP) is 6.97. The third-order valence-corrected chi connectivity index (χ3v) is 6.46. The van der Waals surface area contributed by atoms with Crippen LogP contribution in [0, 0.1) is 0 Å². The highest BCUT2D eigenvalue weighted by Crippen LogP contribution is 2.35. The molecule has 0 radical (unpaired) electrons. The van der Waals surface area contributed by atoms with Gasteiger partial charge in [-0.2, -0.15) is 5.10 Å². The number of nitrogens with zero attached hydrogens (tertiary/aromatic N) is 4. The van der Waals surface area contributed by atoms with Crippen molar-refractivity contribution in [3.8, 4) is 22.5 Å². The van der Waals surface area contributed by atoms with Crippen LogP contribution in [0.15, 0.2) is 89.8 Å². The number of aromatic nitrogens is 4. The zero-order valence-corrected chi connectivity index (χ0v) is 19.8. The monoisotopic (exact) mass is 518 g/mol. The Bertz CT molecular complexity index is 1420. The lowest BCUT2D eigenvalue weighted by Gasteiger charge is -2.10. The summed E-state index contributed by atoms with van der Waals surface area (Å²) in [6.45, 7) is -0.475. The van der Waals surface area contributed by atoms with Crippen LogP contribution in [-0.4, -0.2) is 26.2 Å². The molecule has 0 N–H and O–H groups in total. The van der Waals surface area contributed by atoms with Crippen LogP contribution in [0.2, 0.25) is 0 Å². The number of halogens is 3. The van der Waals surface area contributed by atoms with Crippen molar-refractivity contribution >= 4 is 26.8 Å². The van der Waals surface area contributed by atoms with E-state index in [2.05, 4.69) is 49.2 Å². The second kappa shape index (κ2) is 9.81. The molecule has 170 valence electrons. The van der Waals surface area contributed by atoms with Crippen molar-refractivity contribution in [1.29, 1.82) is 0 Å². The second-order valence-electron chi connectivity index (χ2n) is 8.04. The number of hydrogen-bond acceptors (Lipinski definition) is 3. The van der Waals surface area contributed by atoms with Crippen molar-refractivity contribution < 1.29 is 8.78 Å². The van der Waals surface area contributed by atoms with Gasteiger partial charge in [0.15, 0.2) is 0 Å². The van der Waals surface area contributed by atoms with Crippen LogP contribution < -0.4 is 0 Å². The minimum absolute atomic E-state index is 0.475. The molecule has 0 aliphatic heterocycles. The van der Waals surface area contributed by atoms with Gasteiger partial charge in [0, 0.05) is 27.2 Å². The Balaban J connectivity index is 1.61. The number of alkyl halides is 2. The van der Waals surface area contributed by atoms with Crippen LogP contribution >= 0.6 is 15.9 Å². The minimum atomic E-state index is -2.50. The summed E-state index contributed by atoms with van der Waals surface area (Å²) in [5.41, 5.74) is 6.02. The maximum Gasteiger partial charge on any atom is 0.257 e. The highest BCUT2D eigenvalue weighted by molar-refractivity contribution is 9.10. The van der Waals surface area contributed by atoms with Gasteiger partial charge in [0.2, 0.25) is 0 Å². The summed E-state index contributed by atoms with van der Waals surface area (Å²) in [5.74, 6) is 0. The average molecular weight is 519 g/mol. The molecule has 0 unspecified atom stereocenters. The molecule has 0 aliphatic carbocycles. The van der Waals surface area contributed by atoms with Gasteiger partial charge in [-0.05, 0) is 36.1 Å². The first kappa shape index (κ1) is 22.3. The summed E-state index contributed by atoms with van der Waals surface area (Å²) >= 11 is 3.69. The largest absolute Gasteiger partial charge is 0.266 e. The van der Waals surface area contributed by atoms with E-state index < -0.39 is 13.0 Å². The molecule has 0 atom stereocenters. The van der Waals surface area contributed by atoms with E-state index in [1.165, 1.54) is 16.6 Å². The first-order valence-electron chi connectivity index (χ1n) is 11.0. The first-order chi connectivity index (χ1) is 16.6. The summed E-state index contributed by atoms with van der Waals surface area (Å²) in [6, 6.07) is 24.0. The lowest BCUT2D eigenvalue weighted by atomic mass is 9.99. The summed E-state index contributed by atoms with van der Waals surface area (Å²) in [7, 11) is 0. The SMILES string of the molecule is FC(F)Cn1cc(-c2ncnc3cc(Br)c(CCc4ccccc4)cc23)c(-c2ccccc2)n1. The van der Waals surface area contributed by atoms with Gasteiger partial charge in [0.1, 0.15) is 18.6 Å². The van der Waals surface area contributed by atoms with E-state index in [1.807, 2.05) is 54.6 Å².